The summed E-state index contributed by atoms with van der Waals surface area (Å²) in [7, 11) is 0. The Morgan fingerprint density at radius 1 is 0.750 bits per heavy atom. The van der Waals surface area contributed by atoms with Gasteiger partial charge in [0.2, 0.25) is 0 Å². The van der Waals surface area contributed by atoms with E-state index < -0.39 is 19.2 Å². The van der Waals surface area contributed by atoms with Gasteiger partial charge in [-0.2, -0.15) is 0 Å². The molecular formula is C22H23Br4SiZr. The third-order valence-electron chi connectivity index (χ3n) is 6.66. The van der Waals surface area contributed by atoms with Crippen molar-refractivity contribution in [2.75, 3.05) is 0 Å². The second kappa shape index (κ2) is 7.52. The second-order valence-corrected chi connectivity index (χ2v) is 74.5. The van der Waals surface area contributed by atoms with Crippen LogP contribution in [0.15, 0.2) is 56.5 Å². The molecule has 0 fully saturated rings. The van der Waals surface area contributed by atoms with Gasteiger partial charge in [0.15, 0.2) is 0 Å². The molecule has 0 spiro atoms. The maximum absolute atomic E-state index is 4.65. The predicted octanol–water partition coefficient (Wildman–Crippen LogP) is 9.12. The Morgan fingerprint density at radius 2 is 1.14 bits per heavy atom. The monoisotopic (exact) mass is 721 g/mol. The van der Waals surface area contributed by atoms with Crippen LogP contribution in [0.4, 0.5) is 0 Å². The van der Waals surface area contributed by atoms with Crippen molar-refractivity contribution in [3.8, 4) is 0 Å². The molecule has 0 saturated heterocycles. The quantitative estimate of drug-likeness (QED) is 0.277. The van der Waals surface area contributed by atoms with Crippen molar-refractivity contribution in [2.24, 2.45) is 0 Å². The van der Waals surface area contributed by atoms with E-state index in [0.717, 1.165) is 0 Å². The molecule has 2 aromatic rings. The molecule has 2 unspecified atom stereocenters. The summed E-state index contributed by atoms with van der Waals surface area (Å²) in [5, 5.41) is 0. The standard InChI is InChI=1S/2C10H8Br.C2H7Si.2BrH.Zr/c2*1-7-5-8-3-2-4-10(11)9(8)6-7;1-3-2;;;/h2*2-6H,1H3;3H,1-2H3;2*1H;/q;;;;;+2/p-2. The zero-order valence-electron chi connectivity index (χ0n) is 16.4. The Kier molecular flexibility index (Phi) is 5.94. The first kappa shape index (κ1) is 22.1. The Bertz CT molecular complexity index is 977. The zero-order valence-corrected chi connectivity index (χ0v) is 26.3. The van der Waals surface area contributed by atoms with Gasteiger partial charge in [0.25, 0.3) is 0 Å². The summed E-state index contributed by atoms with van der Waals surface area (Å²) in [5.41, 5.74) is 8.71. The van der Waals surface area contributed by atoms with Crippen molar-refractivity contribution in [1.82, 2.24) is 0 Å². The molecule has 2 aliphatic carbocycles. The Hall–Kier alpha value is 0.940. The van der Waals surface area contributed by atoms with Crippen LogP contribution in [0.3, 0.4) is 0 Å². The van der Waals surface area contributed by atoms with Crippen molar-refractivity contribution < 1.29 is 13.2 Å². The van der Waals surface area contributed by atoms with E-state index in [1.165, 1.54) is 42.3 Å². The van der Waals surface area contributed by atoms with Crippen molar-refractivity contribution in [3.63, 3.8) is 0 Å². The van der Waals surface area contributed by atoms with Crippen molar-refractivity contribution in [2.45, 2.75) is 34.2 Å². The molecule has 0 radical (unpaired) electrons. The molecule has 147 valence electrons. The summed E-state index contributed by atoms with van der Waals surface area (Å²) in [6.07, 6.45) is 4.82. The second-order valence-electron chi connectivity index (χ2n) is 8.51. The molecule has 2 aromatic carbocycles. The molecule has 0 nitrogen and oxygen atoms in total. The summed E-state index contributed by atoms with van der Waals surface area (Å²) in [4.78, 5) is 0. The zero-order chi connectivity index (χ0) is 20.5. The number of hydrogen-bond acceptors (Lipinski definition) is 0. The van der Waals surface area contributed by atoms with Crippen LogP contribution >= 0.6 is 56.3 Å². The molecule has 2 aliphatic rings. The number of allylic oxidation sites excluding steroid dienone is 2. The molecule has 0 heterocycles. The molecule has 0 aliphatic heterocycles. The Balaban J connectivity index is 2.01. The summed E-state index contributed by atoms with van der Waals surface area (Å²) < 4.78 is 3.35. The summed E-state index contributed by atoms with van der Waals surface area (Å²) >= 11 is 13.2. The van der Waals surface area contributed by atoms with Gasteiger partial charge in [-0.1, -0.05) is 0 Å². The number of fused-ring (bicyclic) bond motifs is 2. The van der Waals surface area contributed by atoms with E-state index in [1.54, 1.807) is 0 Å². The van der Waals surface area contributed by atoms with Gasteiger partial charge in [0.05, 0.1) is 0 Å². The molecule has 0 aromatic heterocycles. The topological polar surface area (TPSA) is 0 Å². The first-order valence-corrected chi connectivity index (χ1v) is 32.4. The third-order valence-corrected chi connectivity index (χ3v) is 83.0. The van der Waals surface area contributed by atoms with Gasteiger partial charge >= 0.3 is 201 Å². The maximum atomic E-state index is 4.65. The van der Waals surface area contributed by atoms with E-state index in [-0.39, 0.29) is 0 Å². The van der Waals surface area contributed by atoms with Crippen molar-refractivity contribution >= 4 is 74.4 Å². The molecule has 4 rings (SSSR count). The Morgan fingerprint density at radius 3 is 1.50 bits per heavy atom. The molecule has 2 atom stereocenters. The van der Waals surface area contributed by atoms with E-state index in [4.69, 9.17) is 0 Å². The molecule has 0 bridgehead atoms. The van der Waals surface area contributed by atoms with Crippen LogP contribution in [0.1, 0.15) is 43.4 Å². The number of hydrogen-bond donors (Lipinski definition) is 0. The fraction of sp³-hybridized carbons (Fsp3) is 0.273. The molecular weight excluding hydrogens is 703 g/mol. The van der Waals surface area contributed by atoms with Crippen LogP contribution in [0.5, 0.6) is 0 Å². The van der Waals surface area contributed by atoms with E-state index >= 15 is 0 Å². The Labute approximate surface area is 198 Å². The minimum absolute atomic E-state index is 0.471. The first-order chi connectivity index (χ1) is 13.1. The summed E-state index contributed by atoms with van der Waals surface area (Å²) in [5.74, 6) is -1.12. The van der Waals surface area contributed by atoms with Crippen LogP contribution in [0.2, 0.25) is 13.1 Å². The fourth-order valence-electron chi connectivity index (χ4n) is 5.33. The number of benzene rings is 2. The molecule has 28 heavy (non-hydrogen) atoms. The predicted molar refractivity (Wildman–Crippen MR) is 138 cm³/mol. The number of halogens is 4. The summed E-state index contributed by atoms with van der Waals surface area (Å²) in [6, 6.07) is 13.4. The number of rotatable bonds is 3. The average Bonchev–Trinajstić information content (AvgIpc) is 3.14. The van der Waals surface area contributed by atoms with Crippen molar-refractivity contribution in [1.29, 1.82) is 0 Å². The van der Waals surface area contributed by atoms with E-state index in [0.29, 0.717) is 7.25 Å². The van der Waals surface area contributed by atoms with Gasteiger partial charge in [0, 0.05) is 0 Å². The van der Waals surface area contributed by atoms with Gasteiger partial charge in [-0.3, -0.25) is 0 Å². The first-order valence-electron chi connectivity index (χ1n) is 9.57. The van der Waals surface area contributed by atoms with Crippen LogP contribution in [0, 0.1) is 0 Å². The molecule has 0 N–H and O–H groups in total. The van der Waals surface area contributed by atoms with E-state index in [2.05, 4.69) is 132 Å². The van der Waals surface area contributed by atoms with Crippen molar-refractivity contribution in [3.05, 3.63) is 78.7 Å². The molecule has 6 heteroatoms. The van der Waals surface area contributed by atoms with Gasteiger partial charge in [-0.05, 0) is 0 Å². The van der Waals surface area contributed by atoms with E-state index in [9.17, 15) is 0 Å². The van der Waals surface area contributed by atoms with Crippen LogP contribution in [-0.4, -0.2) is 5.92 Å². The van der Waals surface area contributed by atoms with Gasteiger partial charge in [0.1, 0.15) is 0 Å². The SMILES string of the molecule is CC1=Cc2c(Br)cccc2[CH]1[Zr]([Br])([Br])([CH]1C(C)=Cc2c(Br)cccc21)[SiH](C)C. The molecule has 0 amide bonds. The third kappa shape index (κ3) is 3.06. The summed E-state index contributed by atoms with van der Waals surface area (Å²) in [6.45, 7) is 9.75. The van der Waals surface area contributed by atoms with Crippen LogP contribution in [0.25, 0.3) is 12.2 Å². The minimum atomic E-state index is -3.73. The van der Waals surface area contributed by atoms with Gasteiger partial charge in [-0.15, -0.1) is 0 Å². The average molecular weight is 726 g/mol. The molecule has 0 saturated carbocycles. The normalized spacial score (nSPS) is 22.4. The van der Waals surface area contributed by atoms with Gasteiger partial charge < -0.3 is 0 Å². The van der Waals surface area contributed by atoms with Gasteiger partial charge in [-0.25, -0.2) is 0 Å². The fourth-order valence-corrected chi connectivity index (χ4v) is 46.8. The van der Waals surface area contributed by atoms with Crippen LogP contribution < -0.4 is 0 Å². The van der Waals surface area contributed by atoms with E-state index in [1.807, 2.05) is 0 Å². The van der Waals surface area contributed by atoms with Crippen LogP contribution in [-0.2, 0) is 13.2 Å².